The number of carbonyl (C=O) groups is 3. The molecule has 0 aromatic carbocycles. The standard InChI is InChI=1S/C17H18ClN7O5S3/c1-24(2)7(19)3-4-31-6-5-32-15-10(14(27)25(15)11(6)16(28)29)21-13(26)9(23-30)8-12(18)33-17(20)22-8/h3-4,10,15,19,30H,5H2,1-2H3,(H2,20,22)(H,21,26)(H,28,29)/b4-3+,19-7?,23-9-/t10?,15-/m1/s1. The highest BCUT2D eigenvalue weighted by Crippen LogP contribution is 2.43. The summed E-state index contributed by atoms with van der Waals surface area (Å²) in [6, 6.07) is -1.03. The number of aliphatic carboxylic acids is 1. The van der Waals surface area contributed by atoms with E-state index in [0.29, 0.717) is 4.91 Å². The van der Waals surface area contributed by atoms with E-state index in [-0.39, 0.29) is 32.4 Å². The molecule has 2 amide bonds. The third kappa shape index (κ3) is 4.95. The van der Waals surface area contributed by atoms with Gasteiger partial charge in [0, 0.05) is 24.8 Å². The second kappa shape index (κ2) is 10.0. The zero-order valence-electron chi connectivity index (χ0n) is 17.1. The van der Waals surface area contributed by atoms with E-state index in [0.717, 1.165) is 28.0 Å². The Labute approximate surface area is 205 Å². The van der Waals surface area contributed by atoms with Gasteiger partial charge in [0.2, 0.25) is 0 Å². The summed E-state index contributed by atoms with van der Waals surface area (Å²) in [4.78, 5) is 44.2. The molecular formula is C17H18ClN7O5S3. The molecule has 1 aromatic rings. The Bertz CT molecular complexity index is 1120. The van der Waals surface area contributed by atoms with Crippen molar-refractivity contribution in [1.29, 1.82) is 5.41 Å². The highest BCUT2D eigenvalue weighted by atomic mass is 35.5. The molecule has 3 heterocycles. The lowest BCUT2D eigenvalue weighted by Crippen LogP contribution is -2.71. The first-order chi connectivity index (χ1) is 15.6. The number of amidine groups is 1. The minimum absolute atomic E-state index is 0.0391. The molecule has 1 fully saturated rings. The van der Waals surface area contributed by atoms with Gasteiger partial charge in [-0.25, -0.2) is 9.78 Å². The van der Waals surface area contributed by atoms with Crippen LogP contribution in [-0.2, 0) is 14.4 Å². The van der Waals surface area contributed by atoms with Gasteiger partial charge in [0.05, 0.1) is 0 Å². The number of aromatic nitrogens is 1. The number of β-lactam (4-membered cyclic amide) rings is 1. The van der Waals surface area contributed by atoms with Crippen molar-refractivity contribution in [1.82, 2.24) is 20.1 Å². The fourth-order valence-corrected chi connectivity index (χ4v) is 6.14. The number of thiazole rings is 1. The van der Waals surface area contributed by atoms with Crippen LogP contribution in [0.25, 0.3) is 0 Å². The molecule has 16 heteroatoms. The van der Waals surface area contributed by atoms with Crippen molar-refractivity contribution in [2.45, 2.75) is 11.4 Å². The zero-order chi connectivity index (χ0) is 24.4. The first-order valence-corrected chi connectivity index (χ1v) is 12.1. The minimum Gasteiger partial charge on any atom is -0.477 e. The average Bonchev–Trinajstić information content (AvgIpc) is 3.09. The quantitative estimate of drug-likeness (QED) is 0.112. The van der Waals surface area contributed by atoms with Crippen molar-refractivity contribution >= 4 is 80.9 Å². The summed E-state index contributed by atoms with van der Waals surface area (Å²) in [5, 5.41) is 33.1. The van der Waals surface area contributed by atoms with Crippen LogP contribution in [0.4, 0.5) is 5.13 Å². The molecule has 12 nitrogen and oxygen atoms in total. The molecule has 3 rings (SSSR count). The molecule has 1 saturated heterocycles. The minimum atomic E-state index is -1.28. The van der Waals surface area contributed by atoms with Gasteiger partial charge in [-0.1, -0.05) is 39.9 Å². The van der Waals surface area contributed by atoms with Crippen LogP contribution >= 0.6 is 46.5 Å². The van der Waals surface area contributed by atoms with E-state index >= 15 is 0 Å². The van der Waals surface area contributed by atoms with Gasteiger partial charge in [-0.15, -0.1) is 11.8 Å². The van der Waals surface area contributed by atoms with E-state index in [2.05, 4.69) is 15.5 Å². The molecule has 2 atom stereocenters. The molecule has 2 aliphatic heterocycles. The highest BCUT2D eigenvalue weighted by Gasteiger charge is 2.54. The normalized spacial score (nSPS) is 20.5. The van der Waals surface area contributed by atoms with E-state index < -0.39 is 34.9 Å². The number of halogens is 1. The van der Waals surface area contributed by atoms with E-state index in [1.165, 1.54) is 17.8 Å². The number of fused-ring (bicyclic) bond motifs is 1. The number of anilines is 1. The highest BCUT2D eigenvalue weighted by molar-refractivity contribution is 8.08. The lowest BCUT2D eigenvalue weighted by atomic mass is 10.0. The number of rotatable bonds is 7. The van der Waals surface area contributed by atoms with Crippen LogP contribution in [0.3, 0.4) is 0 Å². The summed E-state index contributed by atoms with van der Waals surface area (Å²) in [5.41, 5.74) is 4.74. The first kappa shape index (κ1) is 24.9. The number of likely N-dealkylation sites (N-methyl/N-ethyl adjacent to an activating group) is 1. The SMILES string of the molecule is CN(C)C(=N)/C=C/SC1=C(C(=O)O)N2C(=O)C(NC(=O)/C(=N\O)c3nc(N)sc3Cl)[C@H]2SC1. The van der Waals surface area contributed by atoms with Gasteiger partial charge in [-0.2, -0.15) is 0 Å². The second-order valence-corrected chi connectivity index (χ2v) is 10.5. The Kier molecular flexibility index (Phi) is 7.56. The number of amides is 2. The number of nitrogens with two attached hydrogens (primary N) is 1. The first-order valence-electron chi connectivity index (χ1n) is 9.02. The average molecular weight is 532 g/mol. The van der Waals surface area contributed by atoms with Gasteiger partial charge in [-0.3, -0.25) is 19.9 Å². The summed E-state index contributed by atoms with van der Waals surface area (Å²) in [5.74, 6) is -2.30. The number of carboxylic acids is 1. The van der Waals surface area contributed by atoms with Crippen molar-refractivity contribution in [3.05, 3.63) is 32.1 Å². The predicted octanol–water partition coefficient (Wildman–Crippen LogP) is 1.04. The van der Waals surface area contributed by atoms with Gasteiger partial charge < -0.3 is 26.3 Å². The maximum absolute atomic E-state index is 12.8. The fraction of sp³-hybridized carbons (Fsp3) is 0.294. The third-order valence-electron chi connectivity index (χ3n) is 4.48. The van der Waals surface area contributed by atoms with Gasteiger partial charge in [0.15, 0.2) is 10.8 Å². The number of nitrogens with zero attached hydrogens (tertiary/aromatic N) is 4. The van der Waals surface area contributed by atoms with E-state index in [9.17, 15) is 24.7 Å². The Balaban J connectivity index is 1.76. The second-order valence-electron chi connectivity index (χ2n) is 6.76. The predicted molar refractivity (Wildman–Crippen MR) is 128 cm³/mol. The number of oxime groups is 1. The number of nitrogens with one attached hydrogen (secondary N) is 2. The summed E-state index contributed by atoms with van der Waals surface area (Å²) < 4.78 is 0.0391. The van der Waals surface area contributed by atoms with Gasteiger partial charge in [-0.05, 0) is 11.5 Å². The van der Waals surface area contributed by atoms with Crippen LogP contribution in [0.1, 0.15) is 5.69 Å². The van der Waals surface area contributed by atoms with E-state index in [1.807, 2.05) is 0 Å². The molecular weight excluding hydrogens is 514 g/mol. The molecule has 0 saturated carbocycles. The maximum atomic E-state index is 12.8. The molecule has 0 aliphatic carbocycles. The van der Waals surface area contributed by atoms with Gasteiger partial charge in [0.25, 0.3) is 11.8 Å². The van der Waals surface area contributed by atoms with E-state index in [4.69, 9.17) is 22.7 Å². The largest absolute Gasteiger partial charge is 0.477 e. The lowest BCUT2D eigenvalue weighted by Gasteiger charge is -2.49. The third-order valence-corrected chi connectivity index (χ3v) is 7.92. The molecule has 2 aliphatic rings. The van der Waals surface area contributed by atoms with Gasteiger partial charge in [0.1, 0.15) is 33.0 Å². The maximum Gasteiger partial charge on any atom is 0.353 e. The monoisotopic (exact) mass is 531 g/mol. The Morgan fingerprint density at radius 2 is 2.18 bits per heavy atom. The van der Waals surface area contributed by atoms with Crippen LogP contribution < -0.4 is 11.1 Å². The van der Waals surface area contributed by atoms with Crippen molar-refractivity contribution in [3.63, 3.8) is 0 Å². The van der Waals surface area contributed by atoms with Crippen LogP contribution in [0.2, 0.25) is 4.34 Å². The molecule has 176 valence electrons. The Morgan fingerprint density at radius 3 is 2.73 bits per heavy atom. The number of carboxylic acid groups (broad SMARTS) is 1. The molecule has 1 unspecified atom stereocenters. The van der Waals surface area contributed by atoms with Crippen molar-refractivity contribution in [2.24, 2.45) is 5.16 Å². The molecule has 1 aromatic heterocycles. The summed E-state index contributed by atoms with van der Waals surface area (Å²) in [6.07, 6.45) is 1.51. The van der Waals surface area contributed by atoms with Crippen molar-refractivity contribution in [2.75, 3.05) is 25.6 Å². The number of nitrogen functional groups attached to an aromatic ring is 1. The molecule has 0 bridgehead atoms. The number of carbonyl (C=O) groups excluding carboxylic acids is 2. The Morgan fingerprint density at radius 1 is 1.48 bits per heavy atom. The number of hydrogen-bond acceptors (Lipinski definition) is 11. The van der Waals surface area contributed by atoms with Crippen molar-refractivity contribution < 1.29 is 24.7 Å². The molecule has 0 radical (unpaired) electrons. The van der Waals surface area contributed by atoms with Crippen LogP contribution in [-0.4, -0.2) is 85.7 Å². The van der Waals surface area contributed by atoms with Gasteiger partial charge >= 0.3 is 5.97 Å². The molecule has 6 N–H and O–H groups in total. The summed E-state index contributed by atoms with van der Waals surface area (Å²) >= 11 is 9.23. The zero-order valence-corrected chi connectivity index (χ0v) is 20.3. The van der Waals surface area contributed by atoms with Crippen LogP contribution in [0, 0.1) is 5.41 Å². The molecule has 0 spiro atoms. The number of hydrogen-bond donors (Lipinski definition) is 5. The fourth-order valence-electron chi connectivity index (χ4n) is 2.88. The number of thioether (sulfide) groups is 2. The van der Waals surface area contributed by atoms with E-state index in [1.54, 1.807) is 24.4 Å². The lowest BCUT2D eigenvalue weighted by molar-refractivity contribution is -0.150. The molecule has 33 heavy (non-hydrogen) atoms. The topological polar surface area (TPSA) is 185 Å². The summed E-state index contributed by atoms with van der Waals surface area (Å²) in [7, 11) is 3.41. The van der Waals surface area contributed by atoms with Crippen LogP contribution in [0.15, 0.2) is 27.2 Å². The smallest absolute Gasteiger partial charge is 0.353 e. The Hall–Kier alpha value is -2.75. The van der Waals surface area contributed by atoms with Crippen molar-refractivity contribution in [3.8, 4) is 0 Å². The summed E-state index contributed by atoms with van der Waals surface area (Å²) in [6.45, 7) is 0. The van der Waals surface area contributed by atoms with Crippen LogP contribution in [0.5, 0.6) is 0 Å².